The Morgan fingerprint density at radius 1 is 1.32 bits per heavy atom. The van der Waals surface area contributed by atoms with Crippen molar-refractivity contribution in [2.24, 2.45) is 0 Å². The molecule has 2 aromatic rings. The van der Waals surface area contributed by atoms with Gasteiger partial charge >= 0.3 is 0 Å². The molecule has 0 spiro atoms. The first kappa shape index (κ1) is 13.8. The molecule has 0 aliphatic rings. The van der Waals surface area contributed by atoms with Gasteiger partial charge in [-0.15, -0.1) is 0 Å². The minimum absolute atomic E-state index is 0.142. The van der Waals surface area contributed by atoms with Crippen LogP contribution in [0.3, 0.4) is 0 Å². The molecule has 0 bridgehead atoms. The van der Waals surface area contributed by atoms with Gasteiger partial charge in [0.25, 0.3) is 0 Å². The number of aromatic amines is 2. The lowest BCUT2D eigenvalue weighted by Gasteiger charge is -2.02. The van der Waals surface area contributed by atoms with Crippen LogP contribution in [0.2, 0.25) is 0 Å². The maximum Gasteiger partial charge on any atom is 0.242 e. The number of H-pyrrole nitrogens is 2. The molecule has 19 heavy (non-hydrogen) atoms. The second-order valence-corrected chi connectivity index (χ2v) is 5.77. The molecule has 104 valence electrons. The van der Waals surface area contributed by atoms with Crippen molar-refractivity contribution in [3.8, 4) is 0 Å². The molecule has 8 heteroatoms. The van der Waals surface area contributed by atoms with Crippen molar-refractivity contribution in [1.82, 2.24) is 25.0 Å². The highest BCUT2D eigenvalue weighted by Crippen LogP contribution is 2.10. The van der Waals surface area contributed by atoms with E-state index < -0.39 is 10.0 Å². The Hall–Kier alpha value is -1.64. The van der Waals surface area contributed by atoms with Crippen LogP contribution in [0, 0.1) is 0 Å². The highest BCUT2D eigenvalue weighted by Gasteiger charge is 2.16. The van der Waals surface area contributed by atoms with Crippen LogP contribution in [0.1, 0.15) is 18.4 Å². The van der Waals surface area contributed by atoms with Crippen LogP contribution in [0.25, 0.3) is 0 Å². The SMILES string of the molecule is CCNCc1cc(S(=O)(=O)NCc2ncc[nH]2)c[nH]1. The number of rotatable bonds is 7. The lowest BCUT2D eigenvalue weighted by atomic mass is 10.4. The molecule has 2 aromatic heterocycles. The Bertz CT molecular complexity index is 603. The summed E-state index contributed by atoms with van der Waals surface area (Å²) in [6, 6.07) is 1.62. The molecule has 0 fully saturated rings. The van der Waals surface area contributed by atoms with Crippen molar-refractivity contribution >= 4 is 10.0 Å². The van der Waals surface area contributed by atoms with Gasteiger partial charge in [0.1, 0.15) is 5.82 Å². The van der Waals surface area contributed by atoms with Gasteiger partial charge in [0.2, 0.25) is 10.0 Å². The Labute approximate surface area is 111 Å². The Morgan fingerprint density at radius 3 is 2.84 bits per heavy atom. The van der Waals surface area contributed by atoms with Crippen molar-refractivity contribution in [1.29, 1.82) is 0 Å². The fourth-order valence-corrected chi connectivity index (χ4v) is 2.58. The molecule has 0 unspecified atom stereocenters. The van der Waals surface area contributed by atoms with Crippen molar-refractivity contribution in [3.63, 3.8) is 0 Å². The largest absolute Gasteiger partial charge is 0.363 e. The highest BCUT2D eigenvalue weighted by atomic mass is 32.2. The topological polar surface area (TPSA) is 103 Å². The van der Waals surface area contributed by atoms with Gasteiger partial charge < -0.3 is 15.3 Å². The van der Waals surface area contributed by atoms with Gasteiger partial charge in [-0.1, -0.05) is 6.92 Å². The monoisotopic (exact) mass is 283 g/mol. The van der Waals surface area contributed by atoms with E-state index in [2.05, 4.69) is 25.0 Å². The van der Waals surface area contributed by atoms with Gasteiger partial charge in [-0.05, 0) is 12.6 Å². The third-order valence-electron chi connectivity index (χ3n) is 2.58. The Kier molecular flexibility index (Phi) is 4.35. The third-order valence-corrected chi connectivity index (χ3v) is 3.96. The molecule has 0 aliphatic carbocycles. The zero-order chi connectivity index (χ0) is 13.7. The number of imidazole rings is 1. The molecule has 0 saturated heterocycles. The molecule has 0 saturated carbocycles. The smallest absolute Gasteiger partial charge is 0.242 e. The van der Waals surface area contributed by atoms with Gasteiger partial charge in [0.05, 0.1) is 11.4 Å². The summed E-state index contributed by atoms with van der Waals surface area (Å²) in [6.07, 6.45) is 4.71. The summed E-state index contributed by atoms with van der Waals surface area (Å²) in [4.78, 5) is 9.96. The molecule has 7 nitrogen and oxygen atoms in total. The summed E-state index contributed by atoms with van der Waals surface area (Å²) in [7, 11) is -3.51. The molecular weight excluding hydrogens is 266 g/mol. The second-order valence-electron chi connectivity index (χ2n) is 4.00. The Morgan fingerprint density at radius 2 is 2.16 bits per heavy atom. The van der Waals surface area contributed by atoms with Crippen LogP contribution in [0.4, 0.5) is 0 Å². The van der Waals surface area contributed by atoms with Crippen LogP contribution in [0.15, 0.2) is 29.6 Å². The van der Waals surface area contributed by atoms with Crippen LogP contribution in [-0.4, -0.2) is 29.9 Å². The Balaban J connectivity index is 2.00. The quantitative estimate of drug-likeness (QED) is 0.588. The van der Waals surface area contributed by atoms with Crippen molar-refractivity contribution < 1.29 is 8.42 Å². The minimum atomic E-state index is -3.51. The number of nitrogens with one attached hydrogen (secondary N) is 4. The van der Waals surface area contributed by atoms with E-state index in [0.29, 0.717) is 12.4 Å². The summed E-state index contributed by atoms with van der Waals surface area (Å²) in [6.45, 7) is 3.58. The first-order valence-corrected chi connectivity index (χ1v) is 7.46. The second kappa shape index (κ2) is 6.00. The molecular formula is C11H17N5O2S. The normalized spacial score (nSPS) is 11.8. The van der Waals surface area contributed by atoms with E-state index in [1.54, 1.807) is 18.5 Å². The minimum Gasteiger partial charge on any atom is -0.363 e. The van der Waals surface area contributed by atoms with Crippen LogP contribution < -0.4 is 10.0 Å². The van der Waals surface area contributed by atoms with Crippen molar-refractivity contribution in [3.05, 3.63) is 36.2 Å². The van der Waals surface area contributed by atoms with Gasteiger partial charge in [-0.2, -0.15) is 0 Å². The predicted octanol–water partition coefficient (Wildman–Crippen LogP) is 0.326. The highest BCUT2D eigenvalue weighted by molar-refractivity contribution is 7.89. The number of hydrogen-bond acceptors (Lipinski definition) is 4. The third kappa shape index (κ3) is 3.66. The van der Waals surface area contributed by atoms with E-state index in [4.69, 9.17) is 0 Å². The number of nitrogens with zero attached hydrogens (tertiary/aromatic N) is 1. The molecule has 2 rings (SSSR count). The number of hydrogen-bond donors (Lipinski definition) is 4. The lowest BCUT2D eigenvalue weighted by Crippen LogP contribution is -2.23. The fourth-order valence-electron chi connectivity index (χ4n) is 1.58. The summed E-state index contributed by atoms with van der Waals surface area (Å²) in [5.41, 5.74) is 0.834. The zero-order valence-electron chi connectivity index (χ0n) is 10.6. The fraction of sp³-hybridized carbons (Fsp3) is 0.364. The molecule has 2 heterocycles. The number of sulfonamides is 1. The molecule has 0 aliphatic heterocycles. The van der Waals surface area contributed by atoms with Crippen LogP contribution in [0.5, 0.6) is 0 Å². The van der Waals surface area contributed by atoms with E-state index in [-0.39, 0.29) is 11.4 Å². The first-order valence-electron chi connectivity index (χ1n) is 5.97. The van der Waals surface area contributed by atoms with Crippen LogP contribution in [-0.2, 0) is 23.1 Å². The molecule has 0 radical (unpaired) electrons. The zero-order valence-corrected chi connectivity index (χ0v) is 11.4. The summed E-state index contributed by atoms with van der Waals surface area (Å²) in [5.74, 6) is 0.576. The van der Waals surface area contributed by atoms with Gasteiger partial charge in [-0.3, -0.25) is 0 Å². The lowest BCUT2D eigenvalue weighted by molar-refractivity contribution is 0.579. The van der Waals surface area contributed by atoms with E-state index in [1.807, 2.05) is 6.92 Å². The van der Waals surface area contributed by atoms with E-state index in [0.717, 1.165) is 12.2 Å². The van der Waals surface area contributed by atoms with Crippen molar-refractivity contribution in [2.75, 3.05) is 6.54 Å². The van der Waals surface area contributed by atoms with Crippen LogP contribution >= 0.6 is 0 Å². The van der Waals surface area contributed by atoms with Gasteiger partial charge in [0, 0.05) is 30.8 Å². The average molecular weight is 283 g/mol. The first-order chi connectivity index (χ1) is 9.12. The van der Waals surface area contributed by atoms with Crippen molar-refractivity contribution in [2.45, 2.75) is 24.9 Å². The van der Waals surface area contributed by atoms with E-state index >= 15 is 0 Å². The number of aromatic nitrogens is 3. The summed E-state index contributed by atoms with van der Waals surface area (Å²) in [5, 5.41) is 3.12. The maximum absolute atomic E-state index is 12.0. The average Bonchev–Trinajstić information content (AvgIpc) is 3.05. The summed E-state index contributed by atoms with van der Waals surface area (Å²) < 4.78 is 26.5. The predicted molar refractivity (Wildman–Crippen MR) is 70.8 cm³/mol. The van der Waals surface area contributed by atoms with E-state index in [9.17, 15) is 8.42 Å². The van der Waals surface area contributed by atoms with Gasteiger partial charge in [-0.25, -0.2) is 18.1 Å². The van der Waals surface area contributed by atoms with Gasteiger partial charge in [0.15, 0.2) is 0 Å². The summed E-state index contributed by atoms with van der Waals surface area (Å²) >= 11 is 0. The standard InChI is InChI=1S/C11H17N5O2S/c1-2-12-6-9-5-10(7-15-9)19(17,18)16-8-11-13-3-4-14-11/h3-5,7,12,15-16H,2,6,8H2,1H3,(H,13,14). The molecule has 0 atom stereocenters. The molecule has 0 amide bonds. The van der Waals surface area contributed by atoms with E-state index in [1.165, 1.54) is 6.20 Å². The molecule has 4 N–H and O–H groups in total. The molecule has 0 aromatic carbocycles. The maximum atomic E-state index is 12.0.